The average molecular weight is 382 g/mol. The first kappa shape index (κ1) is 23.6. The Morgan fingerprint density at radius 2 is 1.15 bits per heavy atom. The highest BCUT2D eigenvalue weighted by molar-refractivity contribution is 5.90. The van der Waals surface area contributed by atoms with E-state index in [1.807, 2.05) is 0 Å². The van der Waals surface area contributed by atoms with Crippen LogP contribution in [0.5, 0.6) is 0 Å². The number of rotatable bonds is 12. The molecule has 0 fully saturated rings. The van der Waals surface area contributed by atoms with Gasteiger partial charge in [0.05, 0.1) is 17.4 Å². The zero-order valence-corrected chi connectivity index (χ0v) is 14.5. The molecular weight excluding hydrogens is 364 g/mol. The molecule has 0 aliphatic rings. The molecular formula is C17H18O10-2. The minimum absolute atomic E-state index is 0.215. The van der Waals surface area contributed by atoms with Crippen molar-refractivity contribution in [2.24, 2.45) is 5.41 Å². The van der Waals surface area contributed by atoms with Crippen molar-refractivity contribution in [2.75, 3.05) is 19.8 Å². The van der Waals surface area contributed by atoms with E-state index in [2.05, 4.69) is 6.58 Å². The quantitative estimate of drug-likeness (QED) is 0.206. The molecule has 0 N–H and O–H groups in total. The normalized spacial score (nSPS) is 11.1. The van der Waals surface area contributed by atoms with Gasteiger partial charge in [0.15, 0.2) is 0 Å². The summed E-state index contributed by atoms with van der Waals surface area (Å²) in [6.07, 6.45) is 3.31. The van der Waals surface area contributed by atoms with Crippen molar-refractivity contribution in [3.8, 4) is 0 Å². The van der Waals surface area contributed by atoms with Gasteiger partial charge in [0.2, 0.25) is 0 Å². The summed E-state index contributed by atoms with van der Waals surface area (Å²) >= 11 is 0. The van der Waals surface area contributed by atoms with Crippen LogP contribution >= 0.6 is 0 Å². The van der Waals surface area contributed by atoms with Crippen molar-refractivity contribution in [1.29, 1.82) is 0 Å². The third kappa shape index (κ3) is 10.9. The molecule has 0 aromatic rings. The lowest BCUT2D eigenvalue weighted by atomic mass is 9.88. The summed E-state index contributed by atoms with van der Waals surface area (Å²) in [5, 5.41) is 20.6. The SMILES string of the molecule is C=CC(=O)OCC(CC)(COC(=O)/C=C/C(=O)[O-])COC(=O)/C=C/C(=O)[O-]. The molecule has 0 aliphatic carbocycles. The van der Waals surface area contributed by atoms with Gasteiger partial charge >= 0.3 is 17.9 Å². The number of hydrogen-bond donors (Lipinski definition) is 0. The van der Waals surface area contributed by atoms with Crippen LogP contribution in [0.3, 0.4) is 0 Å². The molecule has 0 aliphatic heterocycles. The Morgan fingerprint density at radius 3 is 1.44 bits per heavy atom. The fourth-order valence-electron chi connectivity index (χ4n) is 1.53. The van der Waals surface area contributed by atoms with Crippen molar-refractivity contribution in [3.63, 3.8) is 0 Å². The van der Waals surface area contributed by atoms with Gasteiger partial charge in [0, 0.05) is 18.2 Å². The van der Waals surface area contributed by atoms with Crippen molar-refractivity contribution >= 4 is 29.8 Å². The van der Waals surface area contributed by atoms with Gasteiger partial charge in [-0.05, 0) is 18.6 Å². The number of aliphatic carboxylic acids is 2. The standard InChI is InChI=1S/C17H20O10/c1-3-14(22)25-9-17(4-2,10-26-15(23)7-5-12(18)19)11-27-16(24)8-6-13(20)21/h3,5-8H,1,4,9-11H2,2H3,(H,18,19)(H,20,21)/p-2/b7-5+,8-6+. The molecule has 0 atom stereocenters. The molecule has 0 aromatic heterocycles. The summed E-state index contributed by atoms with van der Waals surface area (Å²) in [4.78, 5) is 54.8. The number of carbonyl (C=O) groups is 5. The van der Waals surface area contributed by atoms with Gasteiger partial charge in [0.1, 0.15) is 19.8 Å². The second-order valence-electron chi connectivity index (χ2n) is 5.19. The topological polar surface area (TPSA) is 159 Å². The molecule has 0 unspecified atom stereocenters. The van der Waals surface area contributed by atoms with E-state index in [9.17, 15) is 34.2 Å². The van der Waals surface area contributed by atoms with E-state index >= 15 is 0 Å². The third-order valence-electron chi connectivity index (χ3n) is 3.19. The monoisotopic (exact) mass is 382 g/mol. The summed E-state index contributed by atoms with van der Waals surface area (Å²) in [5.41, 5.74) is -1.16. The molecule has 0 radical (unpaired) electrons. The van der Waals surface area contributed by atoms with Crippen LogP contribution in [0, 0.1) is 5.41 Å². The van der Waals surface area contributed by atoms with Gasteiger partial charge in [0.25, 0.3) is 0 Å². The summed E-state index contributed by atoms with van der Waals surface area (Å²) in [7, 11) is 0. The number of carbonyl (C=O) groups excluding carboxylic acids is 5. The predicted molar refractivity (Wildman–Crippen MR) is 84.1 cm³/mol. The van der Waals surface area contributed by atoms with Crippen LogP contribution in [-0.4, -0.2) is 49.7 Å². The van der Waals surface area contributed by atoms with E-state index in [1.165, 1.54) is 0 Å². The molecule has 0 spiro atoms. The average Bonchev–Trinajstić information content (AvgIpc) is 2.63. The van der Waals surface area contributed by atoms with Gasteiger partial charge in [-0.25, -0.2) is 14.4 Å². The van der Waals surface area contributed by atoms with Crippen molar-refractivity contribution in [3.05, 3.63) is 37.0 Å². The Bertz CT molecular complexity index is 604. The predicted octanol–water partition coefficient (Wildman–Crippen LogP) is -2.19. The molecule has 10 nitrogen and oxygen atoms in total. The highest BCUT2D eigenvalue weighted by Crippen LogP contribution is 2.24. The van der Waals surface area contributed by atoms with E-state index in [0.717, 1.165) is 6.08 Å². The maximum atomic E-state index is 11.5. The first-order valence-corrected chi connectivity index (χ1v) is 7.55. The molecule has 0 saturated carbocycles. The minimum Gasteiger partial charge on any atom is -0.545 e. The van der Waals surface area contributed by atoms with E-state index in [0.29, 0.717) is 24.3 Å². The summed E-state index contributed by atoms with van der Waals surface area (Å²) in [6.45, 7) is 3.78. The van der Waals surface area contributed by atoms with Crippen LogP contribution in [0.1, 0.15) is 13.3 Å². The largest absolute Gasteiger partial charge is 0.545 e. The minimum atomic E-state index is -1.60. The summed E-state index contributed by atoms with van der Waals surface area (Å²) in [6, 6.07) is 0. The molecule has 0 bridgehead atoms. The van der Waals surface area contributed by atoms with Gasteiger partial charge in [-0.15, -0.1) is 0 Å². The van der Waals surface area contributed by atoms with Crippen LogP contribution in [0.15, 0.2) is 37.0 Å². The Labute approximate surface area is 154 Å². The molecule has 0 aromatic carbocycles. The highest BCUT2D eigenvalue weighted by Gasteiger charge is 2.33. The second-order valence-corrected chi connectivity index (χ2v) is 5.19. The number of hydrogen-bond acceptors (Lipinski definition) is 10. The summed E-state index contributed by atoms with van der Waals surface area (Å²) in [5.74, 6) is -5.96. The molecule has 0 saturated heterocycles. The Hall–Kier alpha value is -3.43. The van der Waals surface area contributed by atoms with E-state index in [1.54, 1.807) is 6.92 Å². The van der Waals surface area contributed by atoms with Gasteiger partial charge in [-0.2, -0.15) is 0 Å². The summed E-state index contributed by atoms with van der Waals surface area (Å²) < 4.78 is 14.7. The van der Waals surface area contributed by atoms with E-state index in [4.69, 9.17) is 14.2 Å². The van der Waals surface area contributed by atoms with Crippen LogP contribution in [0.4, 0.5) is 0 Å². The molecule has 0 heterocycles. The number of carboxylic acids is 2. The van der Waals surface area contributed by atoms with E-state index < -0.39 is 35.3 Å². The Kier molecular flexibility index (Phi) is 10.5. The van der Waals surface area contributed by atoms with Crippen LogP contribution in [0.2, 0.25) is 0 Å². The zero-order chi connectivity index (χ0) is 20.9. The first-order chi connectivity index (χ1) is 12.6. The fraction of sp³-hybridized carbons (Fsp3) is 0.353. The Balaban J connectivity index is 5.10. The molecule has 10 heteroatoms. The maximum absolute atomic E-state index is 11.5. The van der Waals surface area contributed by atoms with Crippen molar-refractivity contribution < 1.29 is 48.4 Å². The molecule has 0 rings (SSSR count). The van der Waals surface area contributed by atoms with Gasteiger partial charge < -0.3 is 34.0 Å². The molecule has 27 heavy (non-hydrogen) atoms. The maximum Gasteiger partial charge on any atom is 0.330 e. The highest BCUT2D eigenvalue weighted by atomic mass is 16.6. The van der Waals surface area contributed by atoms with Gasteiger partial charge in [-0.1, -0.05) is 13.5 Å². The molecule has 0 amide bonds. The van der Waals surface area contributed by atoms with Crippen LogP contribution in [-0.2, 0) is 38.2 Å². The van der Waals surface area contributed by atoms with Crippen LogP contribution in [0.25, 0.3) is 0 Å². The van der Waals surface area contributed by atoms with Crippen LogP contribution < -0.4 is 10.2 Å². The third-order valence-corrected chi connectivity index (χ3v) is 3.19. The Morgan fingerprint density at radius 1 is 0.778 bits per heavy atom. The van der Waals surface area contributed by atoms with Crippen molar-refractivity contribution in [1.82, 2.24) is 0 Å². The van der Waals surface area contributed by atoms with Crippen molar-refractivity contribution in [2.45, 2.75) is 13.3 Å². The number of carboxylic acid groups (broad SMARTS) is 2. The fourth-order valence-corrected chi connectivity index (χ4v) is 1.53. The molecule has 148 valence electrons. The lowest BCUT2D eigenvalue weighted by Gasteiger charge is -2.30. The lowest BCUT2D eigenvalue weighted by Crippen LogP contribution is -2.38. The smallest absolute Gasteiger partial charge is 0.330 e. The number of ether oxygens (including phenoxy) is 3. The zero-order valence-electron chi connectivity index (χ0n) is 14.5. The lowest BCUT2D eigenvalue weighted by molar-refractivity contribution is -0.298. The first-order valence-electron chi connectivity index (χ1n) is 7.55. The van der Waals surface area contributed by atoms with E-state index in [-0.39, 0.29) is 26.2 Å². The number of esters is 3. The second kappa shape index (κ2) is 12.0. The van der Waals surface area contributed by atoms with Gasteiger partial charge in [-0.3, -0.25) is 0 Å².